The van der Waals surface area contributed by atoms with Crippen molar-refractivity contribution in [2.24, 2.45) is 5.41 Å². The molecule has 0 bridgehead atoms. The molecular weight excluding hydrogens is 304 g/mol. The van der Waals surface area contributed by atoms with Crippen molar-refractivity contribution in [1.29, 1.82) is 0 Å². The third kappa shape index (κ3) is 1.39. The molecule has 0 heterocycles. The molecule has 0 saturated heterocycles. The van der Waals surface area contributed by atoms with Crippen LogP contribution in [0.3, 0.4) is 0 Å². The van der Waals surface area contributed by atoms with Crippen LogP contribution in [-0.4, -0.2) is 7.11 Å². The Morgan fingerprint density at radius 2 is 1.24 bits per heavy atom. The molecule has 0 N–H and O–H groups in total. The monoisotopic (exact) mass is 324 g/mol. The van der Waals surface area contributed by atoms with E-state index in [9.17, 15) is 0 Å². The number of ether oxygens (including phenoxy) is 1. The first-order chi connectivity index (χ1) is 12.3. The van der Waals surface area contributed by atoms with E-state index >= 15 is 0 Å². The molecule has 0 spiro atoms. The summed E-state index contributed by atoms with van der Waals surface area (Å²) in [6.45, 7) is 0. The van der Waals surface area contributed by atoms with E-state index in [2.05, 4.69) is 66.7 Å². The van der Waals surface area contributed by atoms with E-state index < -0.39 is 0 Å². The third-order valence-corrected chi connectivity index (χ3v) is 6.94. The Morgan fingerprint density at radius 1 is 0.680 bits per heavy atom. The predicted molar refractivity (Wildman–Crippen MR) is 99.3 cm³/mol. The topological polar surface area (TPSA) is 9.23 Å². The Morgan fingerprint density at radius 3 is 1.88 bits per heavy atom. The van der Waals surface area contributed by atoms with Crippen LogP contribution in [-0.2, 0) is 24.7 Å². The van der Waals surface area contributed by atoms with Crippen LogP contribution >= 0.6 is 0 Å². The number of fused-ring (bicyclic) bond motifs is 3. The van der Waals surface area contributed by atoms with Gasteiger partial charge in [0, 0.05) is 5.41 Å². The van der Waals surface area contributed by atoms with Crippen molar-refractivity contribution in [2.45, 2.75) is 24.7 Å². The molecule has 0 atom stereocenters. The quantitative estimate of drug-likeness (QED) is 0.631. The molecule has 6 rings (SSSR count). The van der Waals surface area contributed by atoms with Crippen LogP contribution in [0.15, 0.2) is 66.7 Å². The van der Waals surface area contributed by atoms with E-state index in [-0.39, 0.29) is 10.8 Å². The fourth-order valence-corrected chi connectivity index (χ4v) is 6.26. The Balaban J connectivity index is 1.76. The van der Waals surface area contributed by atoms with Gasteiger partial charge in [-0.05, 0) is 64.8 Å². The lowest BCUT2D eigenvalue weighted by Crippen LogP contribution is -2.37. The van der Waals surface area contributed by atoms with Crippen LogP contribution in [0.1, 0.15) is 33.4 Å². The van der Waals surface area contributed by atoms with E-state index in [0.717, 1.165) is 12.2 Å². The van der Waals surface area contributed by atoms with E-state index in [4.69, 9.17) is 4.74 Å². The predicted octanol–water partition coefficient (Wildman–Crippen LogP) is 4.68. The maximum Gasteiger partial charge on any atom is 0.119 e. The first-order valence-electron chi connectivity index (χ1n) is 9.13. The standard InChI is InChI=1S/C24H20O/c1-25-19-10-11-22-18(12-19)15-23-13-16-6-2-4-8-20(16)24(22,23)21-9-5-3-7-17(21)14-23/h2-12H,13-15H2,1H3. The van der Waals surface area contributed by atoms with Gasteiger partial charge in [-0.1, -0.05) is 54.6 Å². The minimum absolute atomic E-state index is 0.0296. The van der Waals surface area contributed by atoms with Crippen molar-refractivity contribution < 1.29 is 4.74 Å². The lowest BCUT2D eigenvalue weighted by atomic mass is 9.64. The van der Waals surface area contributed by atoms with Crippen molar-refractivity contribution in [3.8, 4) is 5.75 Å². The molecule has 1 heteroatoms. The zero-order chi connectivity index (χ0) is 16.6. The number of hydrogen-bond acceptors (Lipinski definition) is 1. The summed E-state index contributed by atoms with van der Waals surface area (Å²) in [5.74, 6) is 0.978. The molecule has 122 valence electrons. The summed E-state index contributed by atoms with van der Waals surface area (Å²) < 4.78 is 5.52. The molecular formula is C24H20O. The minimum atomic E-state index is 0.0296. The van der Waals surface area contributed by atoms with Crippen molar-refractivity contribution >= 4 is 0 Å². The molecule has 0 amide bonds. The molecule has 0 aliphatic heterocycles. The minimum Gasteiger partial charge on any atom is -0.497 e. The molecule has 3 aromatic rings. The Kier molecular flexibility index (Phi) is 2.39. The highest BCUT2D eigenvalue weighted by atomic mass is 16.5. The van der Waals surface area contributed by atoms with Gasteiger partial charge in [-0.15, -0.1) is 0 Å². The second-order valence-electron chi connectivity index (χ2n) is 7.90. The zero-order valence-corrected chi connectivity index (χ0v) is 14.4. The number of methoxy groups -OCH3 is 1. The van der Waals surface area contributed by atoms with Crippen LogP contribution in [0.4, 0.5) is 0 Å². The maximum absolute atomic E-state index is 5.52. The van der Waals surface area contributed by atoms with E-state index in [0.29, 0.717) is 0 Å². The fourth-order valence-electron chi connectivity index (χ4n) is 6.26. The van der Waals surface area contributed by atoms with Gasteiger partial charge in [-0.2, -0.15) is 0 Å². The summed E-state index contributed by atoms with van der Waals surface area (Å²) in [7, 11) is 1.76. The molecule has 3 aromatic carbocycles. The van der Waals surface area contributed by atoms with Crippen molar-refractivity contribution in [1.82, 2.24) is 0 Å². The van der Waals surface area contributed by atoms with Gasteiger partial charge in [-0.3, -0.25) is 0 Å². The lowest BCUT2D eigenvalue weighted by molar-refractivity contribution is 0.256. The van der Waals surface area contributed by atoms with Gasteiger partial charge in [0.2, 0.25) is 0 Å². The normalized spacial score (nSPS) is 27.2. The van der Waals surface area contributed by atoms with E-state index in [1.165, 1.54) is 35.1 Å². The molecule has 0 aromatic heterocycles. The lowest BCUT2D eigenvalue weighted by Gasteiger charge is -2.37. The van der Waals surface area contributed by atoms with Crippen LogP contribution in [0.2, 0.25) is 0 Å². The van der Waals surface area contributed by atoms with E-state index in [1.807, 2.05) is 0 Å². The van der Waals surface area contributed by atoms with Crippen molar-refractivity contribution in [3.63, 3.8) is 0 Å². The summed E-state index contributed by atoms with van der Waals surface area (Å²) in [4.78, 5) is 0. The highest BCUT2D eigenvalue weighted by Crippen LogP contribution is 2.70. The molecule has 0 radical (unpaired) electrons. The van der Waals surface area contributed by atoms with Crippen LogP contribution in [0.25, 0.3) is 0 Å². The Labute approximate surface area is 148 Å². The molecule has 0 saturated carbocycles. The summed E-state index contributed by atoms with van der Waals surface area (Å²) in [5.41, 5.74) is 9.41. The number of rotatable bonds is 1. The van der Waals surface area contributed by atoms with Crippen LogP contribution in [0.5, 0.6) is 5.75 Å². The summed E-state index contributed by atoms with van der Waals surface area (Å²) in [5, 5.41) is 0. The highest BCUT2D eigenvalue weighted by Gasteiger charge is 2.66. The zero-order valence-electron chi connectivity index (χ0n) is 14.4. The summed E-state index contributed by atoms with van der Waals surface area (Å²) >= 11 is 0. The van der Waals surface area contributed by atoms with Crippen molar-refractivity contribution in [2.75, 3.05) is 7.11 Å². The van der Waals surface area contributed by atoms with Gasteiger partial charge < -0.3 is 4.74 Å². The number of hydrogen-bond donors (Lipinski definition) is 0. The van der Waals surface area contributed by atoms with Crippen molar-refractivity contribution in [3.05, 3.63) is 100 Å². The first-order valence-corrected chi connectivity index (χ1v) is 9.13. The average molecular weight is 324 g/mol. The SMILES string of the molecule is COc1ccc2c(c1)CC13Cc4ccccc4C21c1ccccc1C3. The first kappa shape index (κ1) is 13.7. The van der Waals surface area contributed by atoms with Crippen LogP contribution < -0.4 is 4.74 Å². The molecule has 0 unspecified atom stereocenters. The Hall–Kier alpha value is -2.54. The maximum atomic E-state index is 5.52. The van der Waals surface area contributed by atoms with Gasteiger partial charge in [0.1, 0.15) is 5.75 Å². The van der Waals surface area contributed by atoms with E-state index in [1.54, 1.807) is 18.2 Å². The smallest absolute Gasteiger partial charge is 0.119 e. The third-order valence-electron chi connectivity index (χ3n) is 6.94. The fraction of sp³-hybridized carbons (Fsp3) is 0.250. The Bertz CT molecular complexity index is 980. The molecule has 3 aliphatic rings. The highest BCUT2D eigenvalue weighted by molar-refractivity contribution is 5.70. The van der Waals surface area contributed by atoms with Gasteiger partial charge in [-0.25, -0.2) is 0 Å². The molecule has 1 nitrogen and oxygen atoms in total. The number of benzene rings is 3. The summed E-state index contributed by atoms with van der Waals surface area (Å²) in [6.07, 6.45) is 3.49. The summed E-state index contributed by atoms with van der Waals surface area (Å²) in [6, 6.07) is 25.0. The second kappa shape index (κ2) is 4.35. The molecule has 3 aliphatic carbocycles. The van der Waals surface area contributed by atoms with Crippen LogP contribution in [0, 0.1) is 5.41 Å². The van der Waals surface area contributed by atoms with Gasteiger partial charge in [0.05, 0.1) is 12.5 Å². The van der Waals surface area contributed by atoms with Gasteiger partial charge in [0.15, 0.2) is 0 Å². The second-order valence-corrected chi connectivity index (χ2v) is 7.90. The molecule has 25 heavy (non-hydrogen) atoms. The van der Waals surface area contributed by atoms with Gasteiger partial charge in [0.25, 0.3) is 0 Å². The largest absolute Gasteiger partial charge is 0.497 e. The molecule has 0 fully saturated rings. The van der Waals surface area contributed by atoms with Gasteiger partial charge >= 0.3 is 0 Å². The average Bonchev–Trinajstić information content (AvgIpc) is 3.17.